The van der Waals surface area contributed by atoms with Crippen LogP contribution in [0.25, 0.3) is 0 Å². The molecule has 2 aromatic rings. The Morgan fingerprint density at radius 3 is 2.31 bits per heavy atom. The zero-order valence-electron chi connectivity index (χ0n) is 19.0. The van der Waals surface area contributed by atoms with Crippen LogP contribution in [0.2, 0.25) is 0 Å². The number of likely N-dealkylation sites (tertiary alicyclic amines) is 1. The first kappa shape index (κ1) is 22.9. The van der Waals surface area contributed by atoms with E-state index in [1.807, 2.05) is 35.2 Å². The molecule has 0 saturated carbocycles. The average Bonchev–Trinajstić information content (AvgIpc) is 3.12. The number of benzene rings is 2. The van der Waals surface area contributed by atoms with Gasteiger partial charge >= 0.3 is 0 Å². The number of hydrogen-bond acceptors (Lipinski definition) is 4. The van der Waals surface area contributed by atoms with Crippen molar-refractivity contribution in [1.82, 2.24) is 4.90 Å². The van der Waals surface area contributed by atoms with Gasteiger partial charge in [0.25, 0.3) is 0 Å². The highest BCUT2D eigenvalue weighted by molar-refractivity contribution is 8.00. The molecule has 6 heteroatoms. The van der Waals surface area contributed by atoms with Crippen LogP contribution in [0.1, 0.15) is 67.1 Å². The summed E-state index contributed by atoms with van der Waals surface area (Å²) in [5.74, 6) is -0.342. The molecule has 3 atom stereocenters. The molecular formula is C26H33N3O2S. The van der Waals surface area contributed by atoms with Crippen molar-refractivity contribution < 1.29 is 9.59 Å². The summed E-state index contributed by atoms with van der Waals surface area (Å²) in [7, 11) is 0. The zero-order valence-corrected chi connectivity index (χ0v) is 19.8. The van der Waals surface area contributed by atoms with E-state index < -0.39 is 5.91 Å². The smallest absolute Gasteiger partial charge is 0.248 e. The largest absolute Gasteiger partial charge is 0.366 e. The van der Waals surface area contributed by atoms with Crippen molar-refractivity contribution in [2.45, 2.75) is 68.2 Å². The molecule has 32 heavy (non-hydrogen) atoms. The van der Waals surface area contributed by atoms with E-state index in [0.29, 0.717) is 17.6 Å². The Morgan fingerprint density at radius 1 is 0.969 bits per heavy atom. The minimum Gasteiger partial charge on any atom is -0.366 e. The quantitative estimate of drug-likeness (QED) is 0.573. The predicted molar refractivity (Wildman–Crippen MR) is 131 cm³/mol. The summed E-state index contributed by atoms with van der Waals surface area (Å²) in [4.78, 5) is 30.6. The van der Waals surface area contributed by atoms with Gasteiger partial charge in [-0.2, -0.15) is 0 Å². The molecule has 0 radical (unpaired) electrons. The van der Waals surface area contributed by atoms with Crippen LogP contribution in [0.3, 0.4) is 0 Å². The van der Waals surface area contributed by atoms with Gasteiger partial charge in [-0.1, -0.05) is 30.7 Å². The first-order chi connectivity index (χ1) is 15.5. The molecule has 5 nitrogen and oxygen atoms in total. The fourth-order valence-corrected chi connectivity index (χ4v) is 6.14. The second-order valence-corrected chi connectivity index (χ2v) is 10.2. The molecule has 4 rings (SSSR count). The molecular weight excluding hydrogens is 418 g/mol. The van der Waals surface area contributed by atoms with Crippen LogP contribution >= 0.6 is 11.8 Å². The second-order valence-electron chi connectivity index (χ2n) is 9.02. The number of primary amides is 1. The summed E-state index contributed by atoms with van der Waals surface area (Å²) in [6.45, 7) is 6.55. The number of carbonyl (C=O) groups is 2. The molecule has 2 heterocycles. The van der Waals surface area contributed by atoms with Crippen molar-refractivity contribution in [1.29, 1.82) is 0 Å². The van der Waals surface area contributed by atoms with Crippen LogP contribution in [0.5, 0.6) is 0 Å². The molecule has 0 spiro atoms. The number of carbonyl (C=O) groups excluding carboxylic acids is 2. The second kappa shape index (κ2) is 10.1. The lowest BCUT2D eigenvalue weighted by Crippen LogP contribution is -2.38. The maximum atomic E-state index is 13.5. The van der Waals surface area contributed by atoms with E-state index in [9.17, 15) is 9.59 Å². The van der Waals surface area contributed by atoms with Crippen LogP contribution in [0.15, 0.2) is 53.4 Å². The van der Waals surface area contributed by atoms with Crippen molar-refractivity contribution in [3.63, 3.8) is 0 Å². The van der Waals surface area contributed by atoms with E-state index in [-0.39, 0.29) is 11.2 Å². The SMILES string of the molecule is CC1CCC(C)N1CCCCCN1C(=O)C(c2ccc(C(N)=O)cc2)Sc2ccccc21. The van der Waals surface area contributed by atoms with Gasteiger partial charge < -0.3 is 10.6 Å². The standard InChI is InChI=1S/C26H33N3O2S/c1-18-10-11-19(2)28(18)16-6-3-7-17-29-22-8-4-5-9-23(22)32-24(26(29)31)20-12-14-21(15-13-20)25(27)30/h4-5,8-9,12-15,18-19,24H,3,6-7,10-11,16-17H2,1-2H3,(H2,27,30). The van der Waals surface area contributed by atoms with Gasteiger partial charge in [0.05, 0.1) is 5.69 Å². The van der Waals surface area contributed by atoms with Crippen LogP contribution in [0, 0.1) is 0 Å². The highest BCUT2D eigenvalue weighted by Crippen LogP contribution is 2.46. The third-order valence-electron chi connectivity index (χ3n) is 6.82. The lowest BCUT2D eigenvalue weighted by molar-refractivity contribution is -0.118. The molecule has 0 aliphatic carbocycles. The van der Waals surface area contributed by atoms with Crippen LogP contribution < -0.4 is 10.6 Å². The molecule has 2 N–H and O–H groups in total. The van der Waals surface area contributed by atoms with Gasteiger partial charge in [-0.05, 0) is 75.9 Å². The summed E-state index contributed by atoms with van der Waals surface area (Å²) in [6, 6.07) is 16.6. The van der Waals surface area contributed by atoms with Crippen molar-refractivity contribution in [3.05, 3.63) is 59.7 Å². The summed E-state index contributed by atoms with van der Waals surface area (Å²) < 4.78 is 0. The number of anilines is 1. The molecule has 2 aromatic carbocycles. The minimum atomic E-state index is -0.455. The number of amides is 2. The highest BCUT2D eigenvalue weighted by Gasteiger charge is 2.34. The molecule has 2 aliphatic rings. The van der Waals surface area contributed by atoms with Crippen LogP contribution in [-0.4, -0.2) is 41.9 Å². The van der Waals surface area contributed by atoms with E-state index in [4.69, 9.17) is 5.73 Å². The Kier molecular flexibility index (Phi) is 7.21. The molecule has 3 unspecified atom stereocenters. The lowest BCUT2D eigenvalue weighted by Gasteiger charge is -2.34. The van der Waals surface area contributed by atoms with Gasteiger partial charge in [0.15, 0.2) is 0 Å². The Hall–Kier alpha value is -2.31. The van der Waals surface area contributed by atoms with Gasteiger partial charge in [0, 0.05) is 29.1 Å². The summed E-state index contributed by atoms with van der Waals surface area (Å²) >= 11 is 1.58. The van der Waals surface area contributed by atoms with Gasteiger partial charge in [-0.3, -0.25) is 14.5 Å². The maximum Gasteiger partial charge on any atom is 0.248 e. The molecule has 2 aliphatic heterocycles. The number of unbranched alkanes of at least 4 members (excludes halogenated alkanes) is 2. The Morgan fingerprint density at radius 2 is 1.62 bits per heavy atom. The van der Waals surface area contributed by atoms with Crippen molar-refractivity contribution in [3.8, 4) is 0 Å². The first-order valence-electron chi connectivity index (χ1n) is 11.7. The third kappa shape index (κ3) is 4.86. The Labute approximate surface area is 195 Å². The fraction of sp³-hybridized carbons (Fsp3) is 0.462. The number of nitrogens with zero attached hydrogens (tertiary/aromatic N) is 2. The summed E-state index contributed by atoms with van der Waals surface area (Å²) in [5.41, 5.74) is 7.74. The normalized spacial score (nSPS) is 23.4. The molecule has 2 amide bonds. The van der Waals surface area contributed by atoms with Crippen molar-refractivity contribution >= 4 is 29.3 Å². The maximum absolute atomic E-state index is 13.5. The molecule has 1 saturated heterocycles. The van der Waals surface area contributed by atoms with E-state index in [1.54, 1.807) is 23.9 Å². The summed E-state index contributed by atoms with van der Waals surface area (Å²) in [5, 5.41) is -0.307. The van der Waals surface area contributed by atoms with Gasteiger partial charge in [0.2, 0.25) is 11.8 Å². The fourth-order valence-electron chi connectivity index (χ4n) is 4.91. The van der Waals surface area contributed by atoms with Gasteiger partial charge in [0.1, 0.15) is 5.25 Å². The zero-order chi connectivity index (χ0) is 22.7. The third-order valence-corrected chi connectivity index (χ3v) is 8.13. The van der Waals surface area contributed by atoms with E-state index in [0.717, 1.165) is 42.1 Å². The number of thioether (sulfide) groups is 1. The Bertz CT molecular complexity index is 952. The molecule has 0 bridgehead atoms. The minimum absolute atomic E-state index is 0.113. The number of fused-ring (bicyclic) bond motifs is 1. The molecule has 0 aromatic heterocycles. The molecule has 1 fully saturated rings. The topological polar surface area (TPSA) is 66.6 Å². The number of rotatable bonds is 8. The number of hydrogen-bond donors (Lipinski definition) is 1. The van der Waals surface area contributed by atoms with Crippen LogP contribution in [0.4, 0.5) is 5.69 Å². The summed E-state index contributed by atoms with van der Waals surface area (Å²) in [6.07, 6.45) is 5.90. The van der Waals surface area contributed by atoms with Crippen molar-refractivity contribution in [2.75, 3.05) is 18.0 Å². The first-order valence-corrected chi connectivity index (χ1v) is 12.6. The monoisotopic (exact) mass is 451 g/mol. The average molecular weight is 452 g/mol. The lowest BCUT2D eigenvalue weighted by atomic mass is 10.1. The van der Waals surface area contributed by atoms with Crippen molar-refractivity contribution in [2.24, 2.45) is 5.73 Å². The van der Waals surface area contributed by atoms with Gasteiger partial charge in [-0.25, -0.2) is 0 Å². The number of nitrogens with two attached hydrogens (primary N) is 1. The Balaban J connectivity index is 1.41. The predicted octanol–water partition coefficient (Wildman–Crippen LogP) is 5.01. The highest BCUT2D eigenvalue weighted by atomic mass is 32.2. The number of para-hydroxylation sites is 1. The molecule has 170 valence electrons. The van der Waals surface area contributed by atoms with Gasteiger partial charge in [-0.15, -0.1) is 11.8 Å². The van der Waals surface area contributed by atoms with E-state index in [1.165, 1.54) is 19.3 Å². The van der Waals surface area contributed by atoms with E-state index >= 15 is 0 Å². The van der Waals surface area contributed by atoms with Crippen LogP contribution in [-0.2, 0) is 4.79 Å². The van der Waals surface area contributed by atoms with E-state index in [2.05, 4.69) is 24.8 Å².